The van der Waals surface area contributed by atoms with E-state index in [1.807, 2.05) is 0 Å². The third kappa shape index (κ3) is 3.72. The summed E-state index contributed by atoms with van der Waals surface area (Å²) in [6, 6.07) is 9.12. The van der Waals surface area contributed by atoms with Crippen LogP contribution in [0.3, 0.4) is 0 Å². The number of benzene rings is 2. The summed E-state index contributed by atoms with van der Waals surface area (Å²) in [7, 11) is 1.43. The first-order chi connectivity index (χ1) is 11.3. The minimum atomic E-state index is -0.844. The second-order valence-electron chi connectivity index (χ2n) is 5.15. The van der Waals surface area contributed by atoms with Crippen LogP contribution in [0.15, 0.2) is 42.5 Å². The Labute approximate surface area is 136 Å². The highest BCUT2D eigenvalue weighted by molar-refractivity contribution is 5.95. The van der Waals surface area contributed by atoms with Gasteiger partial charge in [-0.15, -0.1) is 0 Å². The molecule has 2 amide bonds. The van der Waals surface area contributed by atoms with Crippen LogP contribution in [-0.4, -0.2) is 28.7 Å². The lowest BCUT2D eigenvalue weighted by Crippen LogP contribution is -2.27. The molecule has 0 unspecified atom stereocenters. The lowest BCUT2D eigenvalue weighted by atomic mass is 10.1. The summed E-state index contributed by atoms with van der Waals surface area (Å²) >= 11 is 0. The number of non-ortho nitro benzene ring substituents is 1. The van der Waals surface area contributed by atoms with E-state index in [9.17, 15) is 24.1 Å². The SMILES string of the molecule is CN(Cc1cccc(C(N)=O)c1)C(=O)c1cc([N+](=O)[O-])ccc1F. The Hall–Kier alpha value is -3.29. The van der Waals surface area contributed by atoms with Crippen LogP contribution in [0.25, 0.3) is 0 Å². The summed E-state index contributed by atoms with van der Waals surface area (Å²) in [6.07, 6.45) is 0. The van der Waals surface area contributed by atoms with Crippen LogP contribution >= 0.6 is 0 Å². The molecule has 0 aliphatic heterocycles. The summed E-state index contributed by atoms with van der Waals surface area (Å²) in [4.78, 5) is 34.8. The molecule has 0 heterocycles. The van der Waals surface area contributed by atoms with E-state index in [2.05, 4.69) is 0 Å². The van der Waals surface area contributed by atoms with Gasteiger partial charge in [-0.3, -0.25) is 19.7 Å². The Morgan fingerprint density at radius 2 is 1.96 bits per heavy atom. The molecular weight excluding hydrogens is 317 g/mol. The van der Waals surface area contributed by atoms with E-state index in [4.69, 9.17) is 5.73 Å². The average molecular weight is 331 g/mol. The zero-order chi connectivity index (χ0) is 17.9. The smallest absolute Gasteiger partial charge is 0.270 e. The molecule has 0 aliphatic carbocycles. The van der Waals surface area contributed by atoms with Crippen molar-refractivity contribution in [3.05, 3.63) is 75.1 Å². The largest absolute Gasteiger partial charge is 0.366 e. The van der Waals surface area contributed by atoms with Crippen molar-refractivity contribution in [1.82, 2.24) is 4.90 Å². The topological polar surface area (TPSA) is 107 Å². The second-order valence-corrected chi connectivity index (χ2v) is 5.15. The molecule has 0 radical (unpaired) electrons. The van der Waals surface area contributed by atoms with Crippen LogP contribution in [0.1, 0.15) is 26.3 Å². The molecule has 0 spiro atoms. The summed E-state index contributed by atoms with van der Waals surface area (Å²) in [5.41, 5.74) is 5.34. The van der Waals surface area contributed by atoms with Gasteiger partial charge in [0, 0.05) is 31.3 Å². The lowest BCUT2D eigenvalue weighted by Gasteiger charge is -2.18. The van der Waals surface area contributed by atoms with Crippen LogP contribution in [0.4, 0.5) is 10.1 Å². The number of nitrogens with two attached hydrogens (primary N) is 1. The molecule has 2 rings (SSSR count). The first-order valence-corrected chi connectivity index (χ1v) is 6.87. The highest BCUT2D eigenvalue weighted by Crippen LogP contribution is 2.19. The van der Waals surface area contributed by atoms with E-state index < -0.39 is 28.1 Å². The maximum atomic E-state index is 13.8. The number of carbonyl (C=O) groups excluding carboxylic acids is 2. The number of carbonyl (C=O) groups is 2. The van der Waals surface area contributed by atoms with Crippen LogP contribution in [0, 0.1) is 15.9 Å². The van der Waals surface area contributed by atoms with Crippen LogP contribution in [0.5, 0.6) is 0 Å². The molecule has 2 N–H and O–H groups in total. The Morgan fingerprint density at radius 3 is 2.58 bits per heavy atom. The summed E-state index contributed by atoms with van der Waals surface area (Å²) in [5, 5.41) is 10.8. The molecule has 0 aromatic heterocycles. The van der Waals surface area contributed by atoms with Gasteiger partial charge >= 0.3 is 0 Å². The normalized spacial score (nSPS) is 10.2. The van der Waals surface area contributed by atoms with E-state index in [1.54, 1.807) is 12.1 Å². The van der Waals surface area contributed by atoms with E-state index >= 15 is 0 Å². The minimum absolute atomic E-state index is 0.0854. The van der Waals surface area contributed by atoms with Crippen molar-refractivity contribution in [3.8, 4) is 0 Å². The van der Waals surface area contributed by atoms with Crippen molar-refractivity contribution in [3.63, 3.8) is 0 Å². The molecule has 0 saturated carbocycles. The predicted octanol–water partition coefficient (Wildman–Crippen LogP) is 2.10. The molecule has 0 atom stereocenters. The third-order valence-corrected chi connectivity index (χ3v) is 3.37. The van der Waals surface area contributed by atoms with Crippen LogP contribution in [0.2, 0.25) is 0 Å². The van der Waals surface area contributed by atoms with Crippen molar-refractivity contribution < 1.29 is 18.9 Å². The fourth-order valence-electron chi connectivity index (χ4n) is 2.16. The Bertz CT molecular complexity index is 823. The maximum absolute atomic E-state index is 13.8. The van der Waals surface area contributed by atoms with Gasteiger partial charge < -0.3 is 10.6 Å². The number of nitrogens with zero attached hydrogens (tertiary/aromatic N) is 2. The average Bonchev–Trinajstić information content (AvgIpc) is 2.54. The van der Waals surface area contributed by atoms with Gasteiger partial charge in [0.05, 0.1) is 10.5 Å². The third-order valence-electron chi connectivity index (χ3n) is 3.37. The molecule has 8 heteroatoms. The molecule has 0 bridgehead atoms. The Kier molecular flexibility index (Phi) is 4.88. The Balaban J connectivity index is 2.24. The molecule has 2 aromatic carbocycles. The van der Waals surface area contributed by atoms with Crippen molar-refractivity contribution in [2.24, 2.45) is 5.73 Å². The van der Waals surface area contributed by atoms with E-state index in [0.717, 1.165) is 18.2 Å². The van der Waals surface area contributed by atoms with E-state index in [-0.39, 0.29) is 17.8 Å². The monoisotopic (exact) mass is 331 g/mol. The fourth-order valence-corrected chi connectivity index (χ4v) is 2.16. The number of halogens is 1. The summed E-state index contributed by atoms with van der Waals surface area (Å²) < 4.78 is 13.8. The molecule has 0 aliphatic rings. The molecule has 24 heavy (non-hydrogen) atoms. The predicted molar refractivity (Wildman–Crippen MR) is 83.8 cm³/mol. The highest BCUT2D eigenvalue weighted by Gasteiger charge is 2.20. The minimum Gasteiger partial charge on any atom is -0.366 e. The van der Waals surface area contributed by atoms with Gasteiger partial charge in [-0.1, -0.05) is 12.1 Å². The van der Waals surface area contributed by atoms with Crippen molar-refractivity contribution in [2.45, 2.75) is 6.54 Å². The maximum Gasteiger partial charge on any atom is 0.270 e. The van der Waals surface area contributed by atoms with Crippen molar-refractivity contribution in [1.29, 1.82) is 0 Å². The lowest BCUT2D eigenvalue weighted by molar-refractivity contribution is -0.384. The number of primary amides is 1. The zero-order valence-electron chi connectivity index (χ0n) is 12.7. The zero-order valence-corrected chi connectivity index (χ0v) is 12.7. The van der Waals surface area contributed by atoms with Gasteiger partial charge in [0.2, 0.25) is 5.91 Å². The molecule has 0 fully saturated rings. The van der Waals surface area contributed by atoms with Gasteiger partial charge in [0.15, 0.2) is 0 Å². The molecule has 0 saturated heterocycles. The van der Waals surface area contributed by atoms with Gasteiger partial charge in [-0.25, -0.2) is 4.39 Å². The first-order valence-electron chi connectivity index (χ1n) is 6.87. The number of hydrogen-bond donors (Lipinski definition) is 1. The van der Waals surface area contributed by atoms with Crippen molar-refractivity contribution in [2.75, 3.05) is 7.05 Å². The number of hydrogen-bond acceptors (Lipinski definition) is 4. The molecular formula is C16H14FN3O4. The number of amides is 2. The quantitative estimate of drug-likeness (QED) is 0.669. The molecule has 2 aromatic rings. The van der Waals surface area contributed by atoms with Gasteiger partial charge in [0.25, 0.3) is 11.6 Å². The van der Waals surface area contributed by atoms with Gasteiger partial charge in [0.1, 0.15) is 5.82 Å². The summed E-state index contributed by atoms with van der Waals surface area (Å²) in [5.74, 6) is -2.15. The molecule has 124 valence electrons. The van der Waals surface area contributed by atoms with Gasteiger partial charge in [-0.05, 0) is 23.8 Å². The Morgan fingerprint density at radius 1 is 1.25 bits per heavy atom. The first kappa shape index (κ1) is 17.1. The number of nitro groups is 1. The van der Waals surface area contributed by atoms with E-state index in [0.29, 0.717) is 5.56 Å². The number of rotatable bonds is 5. The number of nitro benzene ring substituents is 1. The highest BCUT2D eigenvalue weighted by atomic mass is 19.1. The fraction of sp³-hybridized carbons (Fsp3) is 0.125. The molecule has 7 nitrogen and oxygen atoms in total. The van der Waals surface area contributed by atoms with Crippen molar-refractivity contribution >= 4 is 17.5 Å². The van der Waals surface area contributed by atoms with E-state index in [1.165, 1.54) is 24.1 Å². The van der Waals surface area contributed by atoms with Gasteiger partial charge in [-0.2, -0.15) is 0 Å². The van der Waals surface area contributed by atoms with Crippen LogP contribution in [-0.2, 0) is 6.54 Å². The second kappa shape index (κ2) is 6.86. The van der Waals surface area contributed by atoms with Crippen LogP contribution < -0.4 is 5.73 Å². The summed E-state index contributed by atoms with van der Waals surface area (Å²) in [6.45, 7) is 0.0854. The standard InChI is InChI=1S/C16H14FN3O4/c1-19(9-10-3-2-4-11(7-10)15(18)21)16(22)13-8-12(20(23)24)5-6-14(13)17/h2-8H,9H2,1H3,(H2,18,21).